The van der Waals surface area contributed by atoms with Crippen LogP contribution in [0.5, 0.6) is 0 Å². The number of thiophene rings is 1. The van der Waals surface area contributed by atoms with Gasteiger partial charge in [-0.15, -0.1) is 22.7 Å². The average molecular weight is 384 g/mol. The molecular formula is C19H17N3S3. The normalized spacial score (nSPS) is 11.2. The number of benzene rings is 1. The first-order chi connectivity index (χ1) is 12.1. The lowest BCUT2D eigenvalue weighted by Crippen LogP contribution is -1.92. The van der Waals surface area contributed by atoms with Crippen LogP contribution >= 0.6 is 34.6 Å². The van der Waals surface area contributed by atoms with Crippen molar-refractivity contribution < 1.29 is 0 Å². The molecule has 0 saturated heterocycles. The first kappa shape index (κ1) is 16.6. The van der Waals surface area contributed by atoms with Gasteiger partial charge in [0.2, 0.25) is 0 Å². The highest BCUT2D eigenvalue weighted by Gasteiger charge is 2.12. The Labute approximate surface area is 159 Å². The van der Waals surface area contributed by atoms with Crippen molar-refractivity contribution in [3.63, 3.8) is 0 Å². The summed E-state index contributed by atoms with van der Waals surface area (Å²) in [5.74, 6) is 0. The van der Waals surface area contributed by atoms with Gasteiger partial charge in [0, 0.05) is 31.9 Å². The molecule has 0 amide bonds. The van der Waals surface area contributed by atoms with Crippen LogP contribution in [0.25, 0.3) is 20.8 Å². The number of hydrogen-bond acceptors (Lipinski definition) is 6. The number of nitrogens with one attached hydrogen (secondary N) is 1. The van der Waals surface area contributed by atoms with E-state index in [2.05, 4.69) is 51.3 Å². The second kappa shape index (κ2) is 6.78. The van der Waals surface area contributed by atoms with Crippen LogP contribution in [0.3, 0.4) is 0 Å². The van der Waals surface area contributed by atoms with E-state index in [-0.39, 0.29) is 0 Å². The molecule has 3 heterocycles. The molecule has 0 spiro atoms. The summed E-state index contributed by atoms with van der Waals surface area (Å²) in [7, 11) is 0. The number of fused-ring (bicyclic) bond motifs is 1. The third kappa shape index (κ3) is 3.42. The molecule has 0 bridgehead atoms. The summed E-state index contributed by atoms with van der Waals surface area (Å²) in [6.45, 7) is 6.23. The fraction of sp³-hybridized carbons (Fsp3) is 0.158. The van der Waals surface area contributed by atoms with Crippen LogP contribution in [-0.2, 0) is 0 Å². The van der Waals surface area contributed by atoms with Gasteiger partial charge in [0.1, 0.15) is 5.01 Å². The van der Waals surface area contributed by atoms with Crippen LogP contribution in [0.1, 0.15) is 16.3 Å². The van der Waals surface area contributed by atoms with E-state index in [0.717, 1.165) is 33.0 Å². The Kier molecular flexibility index (Phi) is 4.50. The summed E-state index contributed by atoms with van der Waals surface area (Å²) < 4.78 is 3.52. The number of para-hydroxylation sites is 1. The van der Waals surface area contributed by atoms with Gasteiger partial charge in [-0.25, -0.2) is 4.98 Å². The van der Waals surface area contributed by atoms with Crippen molar-refractivity contribution in [2.75, 3.05) is 4.72 Å². The van der Waals surface area contributed by atoms with Gasteiger partial charge >= 0.3 is 0 Å². The van der Waals surface area contributed by atoms with Crippen molar-refractivity contribution in [3.05, 3.63) is 58.0 Å². The topological polar surface area (TPSA) is 37.8 Å². The lowest BCUT2D eigenvalue weighted by atomic mass is 10.2. The molecule has 0 aliphatic carbocycles. The predicted molar refractivity (Wildman–Crippen MR) is 111 cm³/mol. The number of rotatable bonds is 4. The number of nitrogens with zero attached hydrogens (tertiary/aromatic N) is 2. The third-order valence-corrected chi connectivity index (χ3v) is 7.09. The van der Waals surface area contributed by atoms with Crippen molar-refractivity contribution in [1.29, 1.82) is 0 Å². The van der Waals surface area contributed by atoms with Gasteiger partial charge in [-0.05, 0) is 50.9 Å². The fourth-order valence-electron chi connectivity index (χ4n) is 2.64. The molecule has 0 saturated carbocycles. The second-order valence-corrected chi connectivity index (χ2v) is 8.82. The predicted octanol–water partition coefficient (Wildman–Crippen LogP) is 6.46. The monoisotopic (exact) mass is 383 g/mol. The van der Waals surface area contributed by atoms with Gasteiger partial charge in [0.15, 0.2) is 0 Å². The third-order valence-electron chi connectivity index (χ3n) is 3.82. The maximum absolute atomic E-state index is 4.60. The van der Waals surface area contributed by atoms with Gasteiger partial charge < -0.3 is 4.72 Å². The highest BCUT2D eigenvalue weighted by molar-refractivity contribution is 8.00. The molecule has 6 heteroatoms. The molecule has 3 aromatic heterocycles. The van der Waals surface area contributed by atoms with E-state index in [1.54, 1.807) is 34.6 Å². The van der Waals surface area contributed by atoms with E-state index in [0.29, 0.717) is 0 Å². The maximum atomic E-state index is 4.60. The van der Waals surface area contributed by atoms with Crippen LogP contribution in [-0.4, -0.2) is 9.97 Å². The van der Waals surface area contributed by atoms with E-state index in [9.17, 15) is 0 Å². The summed E-state index contributed by atoms with van der Waals surface area (Å²) in [4.78, 5) is 13.0. The Morgan fingerprint density at radius 2 is 1.84 bits per heavy atom. The number of pyridine rings is 1. The van der Waals surface area contributed by atoms with E-state index < -0.39 is 0 Å². The van der Waals surface area contributed by atoms with Crippen LogP contribution < -0.4 is 4.72 Å². The first-order valence-corrected chi connectivity index (χ1v) is 10.4. The molecule has 0 atom stereocenters. The van der Waals surface area contributed by atoms with Crippen molar-refractivity contribution in [1.82, 2.24) is 9.97 Å². The van der Waals surface area contributed by atoms with E-state index in [4.69, 9.17) is 0 Å². The average Bonchev–Trinajstić information content (AvgIpc) is 3.18. The minimum absolute atomic E-state index is 1.02. The van der Waals surface area contributed by atoms with Crippen LogP contribution in [0, 0.1) is 20.8 Å². The van der Waals surface area contributed by atoms with Gasteiger partial charge in [-0.1, -0.05) is 18.2 Å². The molecule has 4 aromatic rings. The minimum Gasteiger partial charge on any atom is -0.325 e. The maximum Gasteiger partial charge on any atom is 0.133 e. The molecular weight excluding hydrogens is 366 g/mol. The van der Waals surface area contributed by atoms with Crippen molar-refractivity contribution >= 4 is 51.2 Å². The standard InChI is InChI=1S/C19H17N3S3/c1-11-8-16(14-6-4-5-7-15(14)20-11)22-25-17-9-18(24-13(17)3)19-21-12(2)10-23-19/h4-10H,1-3H3,(H,20,22). The smallest absolute Gasteiger partial charge is 0.133 e. The van der Waals surface area contributed by atoms with Gasteiger partial charge in [-0.2, -0.15) is 0 Å². The quantitative estimate of drug-likeness (QED) is 0.410. The molecule has 25 heavy (non-hydrogen) atoms. The number of aromatic nitrogens is 2. The molecule has 0 radical (unpaired) electrons. The molecule has 4 rings (SSSR count). The molecule has 0 fully saturated rings. The van der Waals surface area contributed by atoms with E-state index in [1.807, 2.05) is 26.0 Å². The van der Waals surface area contributed by atoms with Crippen LogP contribution in [0.4, 0.5) is 5.69 Å². The summed E-state index contributed by atoms with van der Waals surface area (Å²) >= 11 is 5.16. The molecule has 0 aliphatic heterocycles. The zero-order chi connectivity index (χ0) is 17.4. The summed E-state index contributed by atoms with van der Waals surface area (Å²) in [6, 6.07) is 12.6. The Bertz CT molecular complexity index is 1050. The number of hydrogen-bond donors (Lipinski definition) is 1. The molecule has 0 unspecified atom stereocenters. The van der Waals surface area contributed by atoms with Gasteiger partial charge in [-0.3, -0.25) is 4.98 Å². The molecule has 3 nitrogen and oxygen atoms in total. The first-order valence-electron chi connectivity index (χ1n) is 7.92. The zero-order valence-electron chi connectivity index (χ0n) is 14.2. The summed E-state index contributed by atoms with van der Waals surface area (Å²) in [5, 5.41) is 4.34. The second-order valence-electron chi connectivity index (χ2n) is 5.86. The highest BCUT2D eigenvalue weighted by Crippen LogP contribution is 2.38. The molecule has 0 aliphatic rings. The van der Waals surface area contributed by atoms with Crippen molar-refractivity contribution in [2.24, 2.45) is 0 Å². The molecule has 1 N–H and O–H groups in total. The fourth-order valence-corrected chi connectivity index (χ4v) is 5.45. The number of thiazole rings is 1. The number of aryl methyl sites for hydroxylation is 3. The van der Waals surface area contributed by atoms with Crippen molar-refractivity contribution in [3.8, 4) is 9.88 Å². The van der Waals surface area contributed by atoms with Crippen LogP contribution in [0.15, 0.2) is 46.7 Å². The highest BCUT2D eigenvalue weighted by atomic mass is 32.2. The lowest BCUT2D eigenvalue weighted by Gasteiger charge is -2.09. The zero-order valence-corrected chi connectivity index (χ0v) is 16.6. The number of anilines is 1. The Hall–Kier alpha value is -1.89. The summed E-state index contributed by atoms with van der Waals surface area (Å²) in [6.07, 6.45) is 0. The Morgan fingerprint density at radius 3 is 2.64 bits per heavy atom. The van der Waals surface area contributed by atoms with Gasteiger partial charge in [0.05, 0.1) is 16.1 Å². The molecule has 1 aromatic carbocycles. The Balaban J connectivity index is 1.61. The SMILES string of the molecule is Cc1csc(-c2cc(SNc3cc(C)nc4ccccc34)c(C)s2)n1. The van der Waals surface area contributed by atoms with Crippen LogP contribution in [0.2, 0.25) is 0 Å². The summed E-state index contributed by atoms with van der Waals surface area (Å²) in [5.41, 5.74) is 4.22. The Morgan fingerprint density at radius 1 is 1.00 bits per heavy atom. The lowest BCUT2D eigenvalue weighted by molar-refractivity contribution is 1.26. The van der Waals surface area contributed by atoms with Crippen molar-refractivity contribution in [2.45, 2.75) is 25.7 Å². The minimum atomic E-state index is 1.02. The van der Waals surface area contributed by atoms with E-state index >= 15 is 0 Å². The van der Waals surface area contributed by atoms with E-state index in [1.165, 1.54) is 14.6 Å². The van der Waals surface area contributed by atoms with Gasteiger partial charge in [0.25, 0.3) is 0 Å². The molecule has 126 valence electrons. The largest absolute Gasteiger partial charge is 0.325 e.